The molecule has 0 aliphatic carbocycles. The van der Waals surface area contributed by atoms with Crippen molar-refractivity contribution in [2.24, 2.45) is 11.1 Å². The predicted molar refractivity (Wildman–Crippen MR) is 64.0 cm³/mol. The molecular formula is C10H20N2O4S. The zero-order valence-corrected chi connectivity index (χ0v) is 11.2. The van der Waals surface area contributed by atoms with Gasteiger partial charge in [-0.2, -0.15) is 4.31 Å². The summed E-state index contributed by atoms with van der Waals surface area (Å²) < 4.78 is 25.3. The van der Waals surface area contributed by atoms with E-state index in [1.54, 1.807) is 0 Å². The molecule has 0 aromatic heterocycles. The van der Waals surface area contributed by atoms with Crippen molar-refractivity contribution in [3.8, 4) is 0 Å². The fraction of sp³-hybridized carbons (Fsp3) is 0.900. The molecule has 0 amide bonds. The van der Waals surface area contributed by atoms with Crippen LogP contribution in [0.25, 0.3) is 0 Å². The summed E-state index contributed by atoms with van der Waals surface area (Å²) in [6, 6.07) is 0. The van der Waals surface area contributed by atoms with E-state index in [0.717, 1.165) is 0 Å². The highest BCUT2D eigenvalue weighted by Gasteiger charge is 2.45. The summed E-state index contributed by atoms with van der Waals surface area (Å²) in [4.78, 5) is 10.9. The highest BCUT2D eigenvalue weighted by Crippen LogP contribution is 2.25. The lowest BCUT2D eigenvalue weighted by Gasteiger charge is -2.24. The van der Waals surface area contributed by atoms with Crippen molar-refractivity contribution in [2.45, 2.75) is 32.7 Å². The minimum Gasteiger partial charge on any atom is -0.480 e. The van der Waals surface area contributed by atoms with Crippen LogP contribution in [0.15, 0.2) is 0 Å². The van der Waals surface area contributed by atoms with Crippen LogP contribution in [0.4, 0.5) is 0 Å². The molecule has 7 heteroatoms. The molecule has 17 heavy (non-hydrogen) atoms. The van der Waals surface area contributed by atoms with Gasteiger partial charge in [0, 0.05) is 13.1 Å². The monoisotopic (exact) mass is 264 g/mol. The Morgan fingerprint density at radius 2 is 2.00 bits per heavy atom. The van der Waals surface area contributed by atoms with Gasteiger partial charge in [-0.15, -0.1) is 0 Å². The standard InChI is InChI=1S/C10H20N2O4S/c1-9(2,3)7-17(15,16)12-5-4-10(11,6-12)8(13)14/h4-7,11H2,1-3H3,(H,13,14). The number of nitrogens with two attached hydrogens (primary N) is 1. The zero-order chi connectivity index (χ0) is 13.5. The van der Waals surface area contributed by atoms with Crippen molar-refractivity contribution in [1.29, 1.82) is 0 Å². The fourth-order valence-electron chi connectivity index (χ4n) is 1.85. The van der Waals surface area contributed by atoms with Crippen LogP contribution in [-0.4, -0.2) is 48.2 Å². The summed E-state index contributed by atoms with van der Waals surface area (Å²) in [5.74, 6) is -1.15. The van der Waals surface area contributed by atoms with Gasteiger partial charge in [0.15, 0.2) is 0 Å². The quantitative estimate of drug-likeness (QED) is 0.738. The van der Waals surface area contributed by atoms with Crippen LogP contribution >= 0.6 is 0 Å². The summed E-state index contributed by atoms with van der Waals surface area (Å²) in [5.41, 5.74) is 3.85. The molecule has 3 N–H and O–H groups in total. The predicted octanol–water partition coefficient (Wildman–Crippen LogP) is -0.150. The summed E-state index contributed by atoms with van der Waals surface area (Å²) in [6.45, 7) is 5.52. The average molecular weight is 264 g/mol. The molecular weight excluding hydrogens is 244 g/mol. The summed E-state index contributed by atoms with van der Waals surface area (Å²) >= 11 is 0. The highest BCUT2D eigenvalue weighted by molar-refractivity contribution is 7.89. The molecule has 1 saturated heterocycles. The number of carbonyl (C=O) groups is 1. The number of carboxylic acids is 1. The van der Waals surface area contributed by atoms with E-state index in [2.05, 4.69) is 0 Å². The van der Waals surface area contributed by atoms with Crippen LogP contribution in [0, 0.1) is 5.41 Å². The van der Waals surface area contributed by atoms with E-state index >= 15 is 0 Å². The molecule has 1 unspecified atom stereocenters. The number of sulfonamides is 1. The van der Waals surface area contributed by atoms with E-state index in [0.29, 0.717) is 0 Å². The van der Waals surface area contributed by atoms with Gasteiger partial charge < -0.3 is 10.8 Å². The topological polar surface area (TPSA) is 101 Å². The molecule has 0 bridgehead atoms. The summed E-state index contributed by atoms with van der Waals surface area (Å²) in [7, 11) is -3.43. The Labute approximate surface area is 102 Å². The largest absolute Gasteiger partial charge is 0.480 e. The molecule has 1 rings (SSSR count). The molecule has 0 spiro atoms. The van der Waals surface area contributed by atoms with Crippen LogP contribution in [-0.2, 0) is 14.8 Å². The Morgan fingerprint density at radius 1 is 1.47 bits per heavy atom. The maximum Gasteiger partial charge on any atom is 0.325 e. The van der Waals surface area contributed by atoms with Crippen LogP contribution in [0.2, 0.25) is 0 Å². The lowest BCUT2D eigenvalue weighted by molar-refractivity contribution is -0.142. The van der Waals surface area contributed by atoms with Crippen molar-refractivity contribution in [2.75, 3.05) is 18.8 Å². The molecule has 0 aromatic carbocycles. The van der Waals surface area contributed by atoms with Gasteiger partial charge in [0.1, 0.15) is 5.54 Å². The number of nitrogens with zero attached hydrogens (tertiary/aromatic N) is 1. The van der Waals surface area contributed by atoms with Crippen molar-refractivity contribution >= 4 is 16.0 Å². The fourth-order valence-corrected chi connectivity index (χ4v) is 3.92. The first-order valence-corrected chi connectivity index (χ1v) is 7.07. The van der Waals surface area contributed by atoms with Gasteiger partial charge in [-0.05, 0) is 11.8 Å². The summed E-state index contributed by atoms with van der Waals surface area (Å²) in [6.07, 6.45) is 0.158. The van der Waals surface area contributed by atoms with Crippen molar-refractivity contribution < 1.29 is 18.3 Å². The van der Waals surface area contributed by atoms with Gasteiger partial charge in [-0.1, -0.05) is 20.8 Å². The van der Waals surface area contributed by atoms with E-state index in [4.69, 9.17) is 10.8 Å². The third-order valence-corrected chi connectivity index (χ3v) is 5.03. The molecule has 1 aliphatic heterocycles. The molecule has 1 atom stereocenters. The summed E-state index contributed by atoms with van der Waals surface area (Å²) in [5, 5.41) is 8.94. The van der Waals surface area contributed by atoms with Gasteiger partial charge in [0.05, 0.1) is 5.75 Å². The number of aliphatic carboxylic acids is 1. The Bertz CT molecular complexity index is 413. The minimum absolute atomic E-state index is 0.00427. The van der Waals surface area contributed by atoms with Crippen molar-refractivity contribution in [3.05, 3.63) is 0 Å². The highest BCUT2D eigenvalue weighted by atomic mass is 32.2. The molecule has 100 valence electrons. The number of hydrogen-bond donors (Lipinski definition) is 2. The molecule has 0 saturated carbocycles. The molecule has 6 nitrogen and oxygen atoms in total. The Hall–Kier alpha value is -0.660. The van der Waals surface area contributed by atoms with Gasteiger partial charge in [0.25, 0.3) is 0 Å². The lowest BCUT2D eigenvalue weighted by Crippen LogP contribution is -2.51. The van der Waals surface area contributed by atoms with Gasteiger partial charge in [-0.25, -0.2) is 8.42 Å². The first kappa shape index (κ1) is 14.4. The third-order valence-electron chi connectivity index (χ3n) is 2.70. The molecule has 1 fully saturated rings. The van der Waals surface area contributed by atoms with Crippen LogP contribution < -0.4 is 5.73 Å². The minimum atomic E-state index is -3.43. The third kappa shape index (κ3) is 3.40. The SMILES string of the molecule is CC(C)(C)CS(=O)(=O)N1CCC(N)(C(=O)O)C1. The average Bonchev–Trinajstić information content (AvgIpc) is 2.45. The normalized spacial score (nSPS) is 27.3. The van der Waals surface area contributed by atoms with E-state index in [9.17, 15) is 13.2 Å². The number of rotatable bonds is 3. The van der Waals surface area contributed by atoms with Gasteiger partial charge in [-0.3, -0.25) is 4.79 Å². The molecule has 1 heterocycles. The van der Waals surface area contributed by atoms with Crippen LogP contribution in [0.3, 0.4) is 0 Å². The van der Waals surface area contributed by atoms with Gasteiger partial charge in [0.2, 0.25) is 10.0 Å². The second-order valence-electron chi connectivity index (χ2n) is 5.86. The van der Waals surface area contributed by atoms with Crippen molar-refractivity contribution in [3.63, 3.8) is 0 Å². The molecule has 0 aromatic rings. The first-order valence-electron chi connectivity index (χ1n) is 5.46. The number of carboxylic acid groups (broad SMARTS) is 1. The maximum absolute atomic E-state index is 12.0. The smallest absolute Gasteiger partial charge is 0.325 e. The van der Waals surface area contributed by atoms with E-state index in [1.807, 2.05) is 20.8 Å². The van der Waals surface area contributed by atoms with Crippen molar-refractivity contribution in [1.82, 2.24) is 4.31 Å². The Kier molecular flexibility index (Phi) is 3.58. The molecule has 0 radical (unpaired) electrons. The zero-order valence-electron chi connectivity index (χ0n) is 10.4. The Balaban J connectivity index is 2.82. The maximum atomic E-state index is 12.0. The van der Waals surface area contributed by atoms with Gasteiger partial charge >= 0.3 is 5.97 Å². The van der Waals surface area contributed by atoms with Crippen LogP contribution in [0.5, 0.6) is 0 Å². The first-order chi connectivity index (χ1) is 7.46. The van der Waals surface area contributed by atoms with E-state index < -0.39 is 21.5 Å². The van der Waals surface area contributed by atoms with E-state index in [1.165, 1.54) is 4.31 Å². The van der Waals surface area contributed by atoms with E-state index in [-0.39, 0.29) is 30.7 Å². The Morgan fingerprint density at radius 3 is 2.35 bits per heavy atom. The molecule has 1 aliphatic rings. The second kappa shape index (κ2) is 4.22. The lowest BCUT2D eigenvalue weighted by atomic mass is 10.0. The second-order valence-corrected chi connectivity index (χ2v) is 7.83. The number of hydrogen-bond acceptors (Lipinski definition) is 4. The van der Waals surface area contributed by atoms with Crippen LogP contribution in [0.1, 0.15) is 27.2 Å².